The number of rotatable bonds is 6. The highest BCUT2D eigenvalue weighted by Gasteiger charge is 2.25. The Labute approximate surface area is 172 Å². The summed E-state index contributed by atoms with van der Waals surface area (Å²) in [6.45, 7) is 1.56. The lowest BCUT2D eigenvalue weighted by molar-refractivity contribution is -0.380. The fourth-order valence-corrected chi connectivity index (χ4v) is 4.35. The lowest BCUT2D eigenvalue weighted by atomic mass is 10.1. The maximum absolute atomic E-state index is 12.6. The van der Waals surface area contributed by atoms with Gasteiger partial charge < -0.3 is 16.4 Å². The zero-order valence-corrected chi connectivity index (χ0v) is 16.6. The summed E-state index contributed by atoms with van der Waals surface area (Å²) in [4.78, 5) is 47.4. The van der Waals surface area contributed by atoms with Crippen LogP contribution in [0.3, 0.4) is 0 Å². The highest BCUT2D eigenvalue weighted by atomic mass is 32.1. The molecule has 4 N–H and O–H groups in total. The molecule has 3 amide bonds. The van der Waals surface area contributed by atoms with E-state index in [2.05, 4.69) is 10.6 Å². The smallest absolute Gasteiger partial charge is 0.324 e. The third-order valence-electron chi connectivity index (χ3n) is 3.89. The number of para-hydroxylation sites is 1. The van der Waals surface area contributed by atoms with Crippen molar-refractivity contribution in [1.82, 2.24) is 0 Å². The van der Waals surface area contributed by atoms with Gasteiger partial charge in [0.15, 0.2) is 0 Å². The van der Waals surface area contributed by atoms with Gasteiger partial charge in [0, 0.05) is 17.1 Å². The largest absolute Gasteiger partial charge is 0.365 e. The van der Waals surface area contributed by atoms with E-state index in [9.17, 15) is 24.5 Å². The number of carbonyl (C=O) groups excluding carboxylic acids is 3. The summed E-state index contributed by atoms with van der Waals surface area (Å²) >= 11 is 1.71. The molecule has 0 bridgehead atoms. The molecule has 0 atom stereocenters. The van der Waals surface area contributed by atoms with Crippen LogP contribution >= 0.6 is 22.7 Å². The summed E-state index contributed by atoms with van der Waals surface area (Å²) in [5.41, 5.74) is 6.43. The van der Waals surface area contributed by atoms with Crippen molar-refractivity contribution < 1.29 is 19.3 Å². The van der Waals surface area contributed by atoms with E-state index in [0.717, 1.165) is 28.7 Å². The molecular weight excluding hydrogens is 416 g/mol. The number of benzene rings is 1. The molecule has 29 heavy (non-hydrogen) atoms. The lowest BCUT2D eigenvalue weighted by Gasteiger charge is -2.04. The Hall–Kier alpha value is -3.57. The van der Waals surface area contributed by atoms with E-state index in [0.29, 0.717) is 11.3 Å². The number of hydrogen-bond donors (Lipinski definition) is 3. The third-order valence-corrected chi connectivity index (χ3v) is 5.97. The first kappa shape index (κ1) is 20.2. The van der Waals surface area contributed by atoms with Gasteiger partial charge in [0.25, 0.3) is 17.7 Å². The van der Waals surface area contributed by atoms with Gasteiger partial charge >= 0.3 is 5.00 Å². The Morgan fingerprint density at radius 3 is 2.38 bits per heavy atom. The summed E-state index contributed by atoms with van der Waals surface area (Å²) in [5.74, 6) is -1.90. The van der Waals surface area contributed by atoms with Gasteiger partial charge in [-0.15, -0.1) is 11.3 Å². The van der Waals surface area contributed by atoms with Crippen LogP contribution in [-0.4, -0.2) is 22.6 Å². The molecule has 0 spiro atoms. The van der Waals surface area contributed by atoms with E-state index >= 15 is 0 Å². The number of thiophene rings is 2. The fourth-order valence-electron chi connectivity index (χ4n) is 2.54. The molecule has 9 nitrogen and oxygen atoms in total. The zero-order chi connectivity index (χ0) is 21.1. The minimum absolute atomic E-state index is 0.0197. The summed E-state index contributed by atoms with van der Waals surface area (Å²) < 4.78 is 0. The number of anilines is 2. The van der Waals surface area contributed by atoms with Crippen molar-refractivity contribution in [3.63, 3.8) is 0 Å². The predicted octanol–water partition coefficient (Wildman–Crippen LogP) is 3.63. The van der Waals surface area contributed by atoms with E-state index in [-0.39, 0.29) is 26.0 Å². The molecule has 3 rings (SSSR count). The van der Waals surface area contributed by atoms with Gasteiger partial charge in [-0.2, -0.15) is 0 Å². The number of nitrogens with two attached hydrogens (primary N) is 1. The molecule has 2 heterocycles. The van der Waals surface area contributed by atoms with Gasteiger partial charge in [0.2, 0.25) is 0 Å². The third kappa shape index (κ3) is 4.31. The van der Waals surface area contributed by atoms with Crippen molar-refractivity contribution in [3.8, 4) is 0 Å². The van der Waals surface area contributed by atoms with E-state index in [1.807, 2.05) is 0 Å². The molecule has 0 saturated heterocycles. The molecule has 0 radical (unpaired) electrons. The molecule has 11 heteroatoms. The molecule has 0 fully saturated rings. The topological polar surface area (TPSA) is 144 Å². The Balaban J connectivity index is 1.89. The number of nitrogens with one attached hydrogen (secondary N) is 2. The first-order valence-electron chi connectivity index (χ1n) is 8.11. The average Bonchev–Trinajstić information content (AvgIpc) is 3.28. The Bertz CT molecular complexity index is 1120. The predicted molar refractivity (Wildman–Crippen MR) is 111 cm³/mol. The highest BCUT2D eigenvalue weighted by Crippen LogP contribution is 2.34. The number of nitrogens with zero attached hydrogens (tertiary/aromatic N) is 1. The maximum Gasteiger partial charge on any atom is 0.324 e. The highest BCUT2D eigenvalue weighted by molar-refractivity contribution is 7.19. The number of nitro groups is 1. The van der Waals surface area contributed by atoms with Crippen LogP contribution in [0.25, 0.3) is 0 Å². The molecule has 1 aromatic carbocycles. The first-order valence-corrected chi connectivity index (χ1v) is 9.81. The van der Waals surface area contributed by atoms with Crippen LogP contribution in [0.5, 0.6) is 0 Å². The summed E-state index contributed by atoms with van der Waals surface area (Å²) in [6.07, 6.45) is 0. The second kappa shape index (κ2) is 8.20. The first-order chi connectivity index (χ1) is 13.8. The zero-order valence-electron chi connectivity index (χ0n) is 14.9. The molecule has 0 aliphatic rings. The Kier molecular flexibility index (Phi) is 5.71. The molecule has 2 aromatic heterocycles. The Morgan fingerprint density at radius 1 is 1.10 bits per heavy atom. The number of hydrogen-bond acceptors (Lipinski definition) is 7. The van der Waals surface area contributed by atoms with E-state index < -0.39 is 22.6 Å². The quantitative estimate of drug-likeness (QED) is 0.404. The SMILES string of the molecule is Cc1c(C(=O)Nc2ccccc2)sc(NC(=O)c2csc([N+](=O)[O-])c2)c1C(N)=O. The van der Waals surface area contributed by atoms with Crippen LogP contribution in [0.4, 0.5) is 15.7 Å². The molecular formula is C18H14N4O5S2. The average molecular weight is 430 g/mol. The minimum Gasteiger partial charge on any atom is -0.365 e. The van der Waals surface area contributed by atoms with Crippen molar-refractivity contribution in [3.05, 3.63) is 73.5 Å². The fraction of sp³-hybridized carbons (Fsp3) is 0.0556. The van der Waals surface area contributed by atoms with Crippen molar-refractivity contribution in [2.24, 2.45) is 5.73 Å². The van der Waals surface area contributed by atoms with Crippen LogP contribution in [0.2, 0.25) is 0 Å². The minimum atomic E-state index is -0.802. The van der Waals surface area contributed by atoms with Gasteiger partial charge in [-0.3, -0.25) is 24.5 Å². The lowest BCUT2D eigenvalue weighted by Crippen LogP contribution is -2.17. The number of carbonyl (C=O) groups is 3. The van der Waals surface area contributed by atoms with Crippen LogP contribution in [-0.2, 0) is 0 Å². The van der Waals surface area contributed by atoms with Crippen molar-refractivity contribution in [1.29, 1.82) is 0 Å². The van der Waals surface area contributed by atoms with Gasteiger partial charge in [0.05, 0.1) is 20.9 Å². The molecule has 0 unspecified atom stereocenters. The van der Waals surface area contributed by atoms with E-state index in [1.54, 1.807) is 37.3 Å². The van der Waals surface area contributed by atoms with E-state index in [4.69, 9.17) is 5.73 Å². The van der Waals surface area contributed by atoms with Crippen LogP contribution < -0.4 is 16.4 Å². The summed E-state index contributed by atoms with van der Waals surface area (Å²) in [7, 11) is 0. The second-order valence-corrected chi connectivity index (χ2v) is 7.74. The monoisotopic (exact) mass is 430 g/mol. The van der Waals surface area contributed by atoms with Crippen molar-refractivity contribution in [2.75, 3.05) is 10.6 Å². The summed E-state index contributed by atoms with van der Waals surface area (Å²) in [6, 6.07) is 9.88. The van der Waals surface area contributed by atoms with Crippen LogP contribution in [0, 0.1) is 17.0 Å². The second-order valence-electron chi connectivity index (χ2n) is 5.83. The molecule has 0 saturated carbocycles. The van der Waals surface area contributed by atoms with Crippen LogP contribution in [0.15, 0.2) is 41.8 Å². The molecule has 148 valence electrons. The number of primary amides is 1. The van der Waals surface area contributed by atoms with Crippen LogP contribution in [0.1, 0.15) is 36.0 Å². The van der Waals surface area contributed by atoms with Gasteiger partial charge in [0.1, 0.15) is 5.00 Å². The normalized spacial score (nSPS) is 10.4. The molecule has 0 aliphatic heterocycles. The van der Waals surface area contributed by atoms with Gasteiger partial charge in [-0.05, 0) is 24.6 Å². The molecule has 3 aromatic rings. The van der Waals surface area contributed by atoms with Gasteiger partial charge in [-0.25, -0.2) is 0 Å². The standard InChI is InChI=1S/C18H14N4O5S2/c1-9-13(15(19)23)18(21-16(24)10-7-12(22(26)27)28-8-10)29-14(9)17(25)20-11-5-3-2-4-6-11/h2-8H,1H3,(H2,19,23)(H,20,25)(H,21,24). The molecule has 0 aliphatic carbocycles. The Morgan fingerprint density at radius 2 is 1.79 bits per heavy atom. The number of amides is 3. The van der Waals surface area contributed by atoms with E-state index in [1.165, 1.54) is 5.38 Å². The van der Waals surface area contributed by atoms with Crippen molar-refractivity contribution in [2.45, 2.75) is 6.92 Å². The van der Waals surface area contributed by atoms with Gasteiger partial charge in [-0.1, -0.05) is 29.5 Å². The maximum atomic E-state index is 12.6. The van der Waals surface area contributed by atoms with Crippen molar-refractivity contribution >= 4 is 56.1 Å². The summed E-state index contributed by atoms with van der Waals surface area (Å²) in [5, 5.41) is 17.3.